The number of aliphatic hydroxyl groups is 1. The summed E-state index contributed by atoms with van der Waals surface area (Å²) < 4.78 is 57.7. The molecule has 2 aromatic carbocycles. The van der Waals surface area contributed by atoms with Gasteiger partial charge in [-0.1, -0.05) is 30.3 Å². The first-order valence-electron chi connectivity index (χ1n) is 18.2. The fourth-order valence-corrected chi connectivity index (χ4v) is 7.05. The molecule has 3 aliphatic rings. The zero-order valence-corrected chi connectivity index (χ0v) is 30.0. The minimum absolute atomic E-state index is 0.0438. The van der Waals surface area contributed by atoms with Crippen LogP contribution in [0, 0.1) is 23.5 Å². The number of nitrogens with zero attached hydrogens (tertiary/aromatic N) is 4. The van der Waals surface area contributed by atoms with E-state index in [9.17, 15) is 28.7 Å². The number of carbonyl (C=O) groups is 4. The molecule has 1 aromatic heterocycles. The molecule has 0 saturated carbocycles. The van der Waals surface area contributed by atoms with Crippen molar-refractivity contribution in [1.82, 2.24) is 35.3 Å². The van der Waals surface area contributed by atoms with Gasteiger partial charge in [0.15, 0.2) is 0 Å². The first kappa shape index (κ1) is 39.4. The van der Waals surface area contributed by atoms with Gasteiger partial charge in [-0.05, 0) is 42.5 Å². The van der Waals surface area contributed by atoms with Gasteiger partial charge in [0.25, 0.3) is 11.8 Å². The molecule has 14 nitrogen and oxygen atoms in total. The number of benzene rings is 2. The summed E-state index contributed by atoms with van der Waals surface area (Å²) in [5.41, 5.74) is 0.977. The average molecular weight is 768 g/mol. The lowest BCUT2D eigenvalue weighted by molar-refractivity contribution is -0.136. The third kappa shape index (κ3) is 9.89. The summed E-state index contributed by atoms with van der Waals surface area (Å²) in [6, 6.07) is 11.1. The van der Waals surface area contributed by atoms with Gasteiger partial charge in [0, 0.05) is 82.3 Å². The van der Waals surface area contributed by atoms with Crippen molar-refractivity contribution in [1.29, 1.82) is 0 Å². The Kier molecular flexibility index (Phi) is 13.2. The summed E-state index contributed by atoms with van der Waals surface area (Å²) in [5.74, 6) is -2.80. The van der Waals surface area contributed by atoms with E-state index < -0.39 is 66.4 Å². The number of halogens is 3. The second-order valence-electron chi connectivity index (χ2n) is 13.7. The van der Waals surface area contributed by atoms with Crippen LogP contribution < -0.4 is 16.0 Å². The highest BCUT2D eigenvalue weighted by Gasteiger charge is 2.40. The highest BCUT2D eigenvalue weighted by Crippen LogP contribution is 2.38. The molecule has 4 heterocycles. The molecule has 55 heavy (non-hydrogen) atoms. The van der Waals surface area contributed by atoms with Gasteiger partial charge < -0.3 is 40.0 Å². The van der Waals surface area contributed by atoms with Gasteiger partial charge in [-0.15, -0.1) is 0 Å². The highest BCUT2D eigenvalue weighted by molar-refractivity contribution is 6.12. The zero-order chi connectivity index (χ0) is 38.9. The van der Waals surface area contributed by atoms with E-state index in [-0.39, 0.29) is 56.4 Å². The summed E-state index contributed by atoms with van der Waals surface area (Å²) in [4.78, 5) is 57.9. The molecule has 3 aliphatic heterocycles. The van der Waals surface area contributed by atoms with Crippen LogP contribution in [0.3, 0.4) is 0 Å². The Hall–Kier alpha value is -5.26. The molecular formula is C38H44F3N7O7. The van der Waals surface area contributed by atoms with Crippen molar-refractivity contribution in [2.24, 2.45) is 11.8 Å². The summed E-state index contributed by atoms with van der Waals surface area (Å²) in [6.45, 7) is 0.240. The zero-order valence-electron chi connectivity index (χ0n) is 30.0. The maximum absolute atomic E-state index is 15.3. The molecule has 5 amide bonds. The predicted molar refractivity (Wildman–Crippen MR) is 192 cm³/mol. The molecule has 4 N–H and O–H groups in total. The number of imidazole rings is 1. The van der Waals surface area contributed by atoms with Crippen molar-refractivity contribution >= 4 is 23.9 Å². The fourth-order valence-electron chi connectivity index (χ4n) is 7.05. The van der Waals surface area contributed by atoms with E-state index in [1.807, 2.05) is 30.3 Å². The molecule has 0 radical (unpaired) electrons. The predicted octanol–water partition coefficient (Wildman–Crippen LogP) is 2.93. The Morgan fingerprint density at radius 2 is 1.80 bits per heavy atom. The number of imide groups is 1. The van der Waals surface area contributed by atoms with E-state index in [1.165, 1.54) is 4.90 Å². The number of ether oxygens (including phenoxy) is 2. The van der Waals surface area contributed by atoms with Gasteiger partial charge in [-0.2, -0.15) is 0 Å². The Morgan fingerprint density at radius 3 is 2.49 bits per heavy atom. The normalized spacial score (nSPS) is 19.7. The largest absolute Gasteiger partial charge is 0.442 e. The molecule has 0 spiro atoms. The maximum atomic E-state index is 15.3. The summed E-state index contributed by atoms with van der Waals surface area (Å²) >= 11 is 0. The van der Waals surface area contributed by atoms with Gasteiger partial charge in [0.05, 0.1) is 24.9 Å². The number of alkyl halides is 1. The van der Waals surface area contributed by atoms with E-state index in [1.54, 1.807) is 10.8 Å². The van der Waals surface area contributed by atoms with Crippen LogP contribution in [0.1, 0.15) is 30.3 Å². The third-order valence-electron chi connectivity index (χ3n) is 9.93. The first-order valence-corrected chi connectivity index (χ1v) is 18.2. The summed E-state index contributed by atoms with van der Waals surface area (Å²) in [6.07, 6.45) is 1.50. The van der Waals surface area contributed by atoms with Crippen LogP contribution in [0.15, 0.2) is 66.9 Å². The average Bonchev–Trinajstić information content (AvgIpc) is 3.89. The molecule has 3 aromatic rings. The van der Waals surface area contributed by atoms with Crippen molar-refractivity contribution in [2.45, 2.75) is 37.7 Å². The second kappa shape index (κ2) is 18.4. The fraction of sp³-hybridized carbons (Fsp3) is 0.447. The lowest BCUT2D eigenvalue weighted by Crippen LogP contribution is -2.51. The smallest absolute Gasteiger partial charge is 0.407 e. The van der Waals surface area contributed by atoms with Crippen LogP contribution in [-0.2, 0) is 25.6 Å². The molecule has 6 rings (SSSR count). The topological polar surface area (TPSA) is 167 Å². The van der Waals surface area contributed by atoms with Crippen LogP contribution >= 0.6 is 0 Å². The quantitative estimate of drug-likeness (QED) is 0.170. The van der Waals surface area contributed by atoms with Crippen molar-refractivity contribution < 1.29 is 46.9 Å². The molecule has 0 bridgehead atoms. The number of urea groups is 1. The minimum atomic E-state index is -1.26. The van der Waals surface area contributed by atoms with Crippen LogP contribution in [0.2, 0.25) is 0 Å². The third-order valence-corrected chi connectivity index (χ3v) is 9.93. The molecular weight excluding hydrogens is 723 g/mol. The molecule has 17 heteroatoms. The van der Waals surface area contributed by atoms with E-state index >= 15 is 8.78 Å². The van der Waals surface area contributed by atoms with Gasteiger partial charge in [-0.25, -0.2) is 27.7 Å². The monoisotopic (exact) mass is 767 g/mol. The molecule has 4 atom stereocenters. The number of amides is 5. The summed E-state index contributed by atoms with van der Waals surface area (Å²) in [5, 5.41) is 18.3. The van der Waals surface area contributed by atoms with Gasteiger partial charge in [0.2, 0.25) is 0 Å². The van der Waals surface area contributed by atoms with Gasteiger partial charge in [0.1, 0.15) is 29.7 Å². The molecule has 294 valence electrons. The van der Waals surface area contributed by atoms with E-state index in [0.717, 1.165) is 40.8 Å². The standard InChI is InChI=1S/C38H44F3N7O7/c39-27-6-7-30(40)29(16-27)32-22-46(20-24-4-2-1-3-5-24)36(45-32)35(25-10-14-54-15-11-25)48(21-26-17-42-19-31(26)41)37(52)44-18-28(23-49)55-38(53)43-12-13-47-33(50)8-9-34(47)51/h1-9,16,22,25-26,28,31,35,42,49H,10-15,17-21,23H2,(H,43,53)(H,44,52)/t26-,28+,31-,35+/m0/s1. The van der Waals surface area contributed by atoms with Crippen LogP contribution in [0.5, 0.6) is 0 Å². The Labute approximate surface area is 315 Å². The number of aromatic nitrogens is 2. The number of carbonyl (C=O) groups excluding carboxylic acids is 4. The van der Waals surface area contributed by atoms with E-state index in [4.69, 9.17) is 14.5 Å². The van der Waals surface area contributed by atoms with Crippen LogP contribution in [0.25, 0.3) is 11.3 Å². The number of hydrogen-bond acceptors (Lipinski definition) is 9. The first-order chi connectivity index (χ1) is 26.6. The van der Waals surface area contributed by atoms with Gasteiger partial charge in [-0.3, -0.25) is 14.5 Å². The maximum Gasteiger partial charge on any atom is 0.407 e. The highest BCUT2D eigenvalue weighted by atomic mass is 19.1. The number of hydrogen-bond donors (Lipinski definition) is 4. The Bertz CT molecular complexity index is 1840. The molecule has 2 fully saturated rings. The van der Waals surface area contributed by atoms with Crippen molar-refractivity contribution in [3.8, 4) is 11.3 Å². The van der Waals surface area contributed by atoms with Crippen molar-refractivity contribution in [3.63, 3.8) is 0 Å². The lowest BCUT2D eigenvalue weighted by Gasteiger charge is -2.40. The molecule has 0 unspecified atom stereocenters. The van der Waals surface area contributed by atoms with Crippen LogP contribution in [0.4, 0.5) is 22.8 Å². The van der Waals surface area contributed by atoms with Gasteiger partial charge >= 0.3 is 12.1 Å². The second-order valence-corrected chi connectivity index (χ2v) is 13.7. The Morgan fingerprint density at radius 1 is 1.05 bits per heavy atom. The number of nitrogens with one attached hydrogen (secondary N) is 3. The minimum Gasteiger partial charge on any atom is -0.442 e. The Balaban J connectivity index is 1.28. The van der Waals surface area contributed by atoms with E-state index in [2.05, 4.69) is 16.0 Å². The number of rotatable bonds is 15. The lowest BCUT2D eigenvalue weighted by atomic mass is 9.89. The van der Waals surface area contributed by atoms with E-state index in [0.29, 0.717) is 38.4 Å². The van der Waals surface area contributed by atoms with Crippen molar-refractivity contribution in [2.75, 3.05) is 59.1 Å². The molecule has 2 saturated heterocycles. The molecule has 0 aliphatic carbocycles. The van der Waals surface area contributed by atoms with Crippen molar-refractivity contribution in [3.05, 3.63) is 89.9 Å². The SMILES string of the molecule is O=C(NCCN1C(=O)C=CC1=O)O[C@@H](CO)CNC(=O)N(C[C@@H]1CNC[C@@H]1F)[C@@H](c1nc(-c2cc(F)ccc2F)cn1Cc1ccccc1)C1CCOCC1. The van der Waals surface area contributed by atoms with Crippen LogP contribution in [-0.4, -0.2) is 120 Å². The summed E-state index contributed by atoms with van der Waals surface area (Å²) in [7, 11) is 0. The number of aliphatic hydroxyl groups excluding tert-OH is 1. The number of alkyl carbamates (subject to hydrolysis) is 1.